The number of anilines is 1. The summed E-state index contributed by atoms with van der Waals surface area (Å²) in [6.07, 6.45) is 5.13. The number of carbonyl (C=O) groups excluding carboxylic acids is 2. The minimum atomic E-state index is -4.31. The molecule has 4 aromatic rings. The summed E-state index contributed by atoms with van der Waals surface area (Å²) < 4.78 is 35.1. The first-order chi connectivity index (χ1) is 23.2. The first-order valence-corrected chi connectivity index (χ1v) is 18.1. The smallest absolute Gasteiger partial charge is 0.264 e. The highest BCUT2D eigenvalue weighted by atomic mass is 35.5. The molecule has 1 aliphatic rings. The van der Waals surface area contributed by atoms with Crippen LogP contribution in [0.2, 0.25) is 10.0 Å². The van der Waals surface area contributed by atoms with Crippen LogP contribution in [0.25, 0.3) is 0 Å². The molecule has 0 aliphatic heterocycles. The summed E-state index contributed by atoms with van der Waals surface area (Å²) in [5.74, 6) is -0.649. The molecule has 0 heterocycles. The Kier molecular flexibility index (Phi) is 12.0. The number of hydrogen-bond acceptors (Lipinski definition) is 5. The SMILES string of the molecule is COc1ccc(Cl)cc1N(CC(=O)N(Cc1ccc(Cl)cc1)C(Cc1ccccc1)C(=O)NC1CCCCC1)S(=O)(=O)c1ccccc1. The molecule has 1 aliphatic carbocycles. The number of sulfonamides is 1. The lowest BCUT2D eigenvalue weighted by molar-refractivity contribution is -0.140. The van der Waals surface area contributed by atoms with E-state index in [-0.39, 0.29) is 46.3 Å². The molecule has 1 fully saturated rings. The van der Waals surface area contributed by atoms with Crippen LogP contribution >= 0.6 is 23.2 Å². The largest absolute Gasteiger partial charge is 0.495 e. The third-order valence-electron chi connectivity index (χ3n) is 8.51. The predicted octanol–water partition coefficient (Wildman–Crippen LogP) is 7.29. The average molecular weight is 709 g/mol. The number of nitrogens with zero attached hydrogens (tertiary/aromatic N) is 2. The second-order valence-electron chi connectivity index (χ2n) is 11.8. The van der Waals surface area contributed by atoms with Gasteiger partial charge in [0.15, 0.2) is 0 Å². The zero-order chi connectivity index (χ0) is 34.1. The standard InChI is InChI=1S/C37H39Cl2N3O5S/c1-47-35-22-21-30(39)24-33(35)42(48(45,46)32-15-9-4-10-16-32)26-36(43)41(25-28-17-19-29(38)20-18-28)34(23-27-11-5-2-6-12-27)37(44)40-31-13-7-3-8-14-31/h2,4-6,9-12,15-22,24,31,34H,3,7-8,13-14,23,25-26H2,1H3,(H,40,44). The van der Waals surface area contributed by atoms with Gasteiger partial charge in [-0.2, -0.15) is 0 Å². The molecular weight excluding hydrogens is 669 g/mol. The van der Waals surface area contributed by atoms with Crippen molar-refractivity contribution in [2.75, 3.05) is 18.0 Å². The number of amides is 2. The van der Waals surface area contributed by atoms with Crippen LogP contribution in [0, 0.1) is 0 Å². The number of carbonyl (C=O) groups is 2. The fourth-order valence-corrected chi connectivity index (χ4v) is 7.71. The molecule has 2 amide bonds. The van der Waals surface area contributed by atoms with Crippen LogP contribution in [0.5, 0.6) is 5.75 Å². The van der Waals surface area contributed by atoms with E-state index in [0.717, 1.165) is 47.5 Å². The fourth-order valence-electron chi connectivity index (χ4n) is 5.98. The van der Waals surface area contributed by atoms with Crippen molar-refractivity contribution in [3.63, 3.8) is 0 Å². The summed E-state index contributed by atoms with van der Waals surface area (Å²) in [4.78, 5) is 30.4. The first-order valence-electron chi connectivity index (χ1n) is 16.0. The highest BCUT2D eigenvalue weighted by molar-refractivity contribution is 7.92. The minimum Gasteiger partial charge on any atom is -0.495 e. The van der Waals surface area contributed by atoms with Gasteiger partial charge in [-0.15, -0.1) is 0 Å². The van der Waals surface area contributed by atoms with Crippen molar-refractivity contribution < 1.29 is 22.7 Å². The van der Waals surface area contributed by atoms with E-state index in [1.165, 1.54) is 30.2 Å². The highest BCUT2D eigenvalue weighted by Crippen LogP contribution is 2.35. The van der Waals surface area contributed by atoms with Crippen molar-refractivity contribution in [1.29, 1.82) is 0 Å². The molecule has 252 valence electrons. The van der Waals surface area contributed by atoms with Crippen LogP contribution in [0.1, 0.15) is 43.2 Å². The van der Waals surface area contributed by atoms with E-state index in [0.29, 0.717) is 5.02 Å². The molecule has 0 saturated heterocycles. The van der Waals surface area contributed by atoms with Gasteiger partial charge in [-0.3, -0.25) is 13.9 Å². The number of halogens is 2. The maximum atomic E-state index is 14.7. The van der Waals surface area contributed by atoms with Crippen LogP contribution in [-0.2, 0) is 32.6 Å². The molecule has 0 spiro atoms. The van der Waals surface area contributed by atoms with E-state index in [2.05, 4.69) is 5.32 Å². The molecule has 0 radical (unpaired) electrons. The lowest BCUT2D eigenvalue weighted by Gasteiger charge is -2.35. The molecule has 1 atom stereocenters. The van der Waals surface area contributed by atoms with E-state index in [4.69, 9.17) is 27.9 Å². The van der Waals surface area contributed by atoms with E-state index in [9.17, 15) is 18.0 Å². The zero-order valence-electron chi connectivity index (χ0n) is 26.7. The molecule has 48 heavy (non-hydrogen) atoms. The second kappa shape index (κ2) is 16.4. The summed E-state index contributed by atoms with van der Waals surface area (Å²) in [7, 11) is -2.89. The molecule has 4 aromatic carbocycles. The third kappa shape index (κ3) is 8.89. The topological polar surface area (TPSA) is 96.0 Å². The average Bonchev–Trinajstić information content (AvgIpc) is 3.10. The Bertz CT molecular complexity index is 1790. The van der Waals surface area contributed by atoms with Crippen LogP contribution < -0.4 is 14.4 Å². The second-order valence-corrected chi connectivity index (χ2v) is 14.6. The van der Waals surface area contributed by atoms with Crippen molar-refractivity contribution >= 4 is 50.7 Å². The van der Waals surface area contributed by atoms with Gasteiger partial charge < -0.3 is 15.0 Å². The van der Waals surface area contributed by atoms with Crippen molar-refractivity contribution in [2.45, 2.75) is 62.0 Å². The molecule has 0 bridgehead atoms. The van der Waals surface area contributed by atoms with Crippen molar-refractivity contribution in [1.82, 2.24) is 10.2 Å². The Morgan fingerprint density at radius 2 is 1.46 bits per heavy atom. The van der Waals surface area contributed by atoms with Gasteiger partial charge in [0.05, 0.1) is 17.7 Å². The van der Waals surface area contributed by atoms with E-state index in [1.54, 1.807) is 54.6 Å². The molecule has 1 saturated carbocycles. The monoisotopic (exact) mass is 707 g/mol. The van der Waals surface area contributed by atoms with Gasteiger partial charge in [0.25, 0.3) is 10.0 Å². The number of methoxy groups -OCH3 is 1. The van der Waals surface area contributed by atoms with Gasteiger partial charge in [0, 0.05) is 29.1 Å². The quantitative estimate of drug-likeness (QED) is 0.158. The molecule has 11 heteroatoms. The predicted molar refractivity (Wildman–Crippen MR) is 190 cm³/mol. The Morgan fingerprint density at radius 3 is 2.10 bits per heavy atom. The van der Waals surface area contributed by atoms with E-state index >= 15 is 0 Å². The molecule has 1 unspecified atom stereocenters. The molecule has 8 nitrogen and oxygen atoms in total. The Labute approximate surface area is 292 Å². The molecule has 1 N–H and O–H groups in total. The van der Waals surface area contributed by atoms with Crippen molar-refractivity contribution in [3.8, 4) is 5.75 Å². The summed E-state index contributed by atoms with van der Waals surface area (Å²) in [6.45, 7) is -0.582. The van der Waals surface area contributed by atoms with Crippen LogP contribution in [0.3, 0.4) is 0 Å². The van der Waals surface area contributed by atoms with Crippen LogP contribution in [-0.4, -0.2) is 50.9 Å². The summed E-state index contributed by atoms with van der Waals surface area (Å²) in [5.41, 5.74) is 1.69. The fraction of sp³-hybridized carbons (Fsp3) is 0.297. The summed E-state index contributed by atoms with van der Waals surface area (Å²) >= 11 is 12.6. The van der Waals surface area contributed by atoms with Crippen molar-refractivity contribution in [3.05, 3.63) is 124 Å². The van der Waals surface area contributed by atoms with Crippen LogP contribution in [0.4, 0.5) is 5.69 Å². The maximum absolute atomic E-state index is 14.7. The lowest BCUT2D eigenvalue weighted by atomic mass is 9.94. The minimum absolute atomic E-state index is 0.00249. The summed E-state index contributed by atoms with van der Waals surface area (Å²) in [5, 5.41) is 4.00. The Morgan fingerprint density at radius 1 is 0.833 bits per heavy atom. The number of nitrogens with one attached hydrogen (secondary N) is 1. The number of rotatable bonds is 13. The number of ether oxygens (including phenoxy) is 1. The van der Waals surface area contributed by atoms with Gasteiger partial charge in [0.2, 0.25) is 11.8 Å². The molecule has 5 rings (SSSR count). The zero-order valence-corrected chi connectivity index (χ0v) is 29.1. The van der Waals surface area contributed by atoms with E-state index < -0.39 is 28.5 Å². The number of hydrogen-bond donors (Lipinski definition) is 1. The van der Waals surface area contributed by atoms with Gasteiger partial charge >= 0.3 is 0 Å². The summed E-state index contributed by atoms with van der Waals surface area (Å²) in [6, 6.07) is 28.0. The molecule has 0 aromatic heterocycles. The molecular formula is C37H39Cl2N3O5S. The highest BCUT2D eigenvalue weighted by Gasteiger charge is 2.36. The van der Waals surface area contributed by atoms with Gasteiger partial charge in [-0.1, -0.05) is 103 Å². The van der Waals surface area contributed by atoms with Crippen LogP contribution in [0.15, 0.2) is 108 Å². The lowest BCUT2D eigenvalue weighted by Crippen LogP contribution is -2.55. The normalized spacial score (nSPS) is 14.1. The Balaban J connectivity index is 1.59. The third-order valence-corrected chi connectivity index (χ3v) is 10.8. The maximum Gasteiger partial charge on any atom is 0.264 e. The van der Waals surface area contributed by atoms with Gasteiger partial charge in [0.1, 0.15) is 18.3 Å². The van der Waals surface area contributed by atoms with E-state index in [1.807, 2.05) is 30.3 Å². The Hall–Kier alpha value is -4.05. The first kappa shape index (κ1) is 35.3. The van der Waals surface area contributed by atoms with Gasteiger partial charge in [-0.25, -0.2) is 8.42 Å². The van der Waals surface area contributed by atoms with Crippen molar-refractivity contribution in [2.24, 2.45) is 0 Å². The van der Waals surface area contributed by atoms with Gasteiger partial charge in [-0.05, 0) is 66.4 Å². The number of benzene rings is 4.